The highest BCUT2D eigenvalue weighted by Crippen LogP contribution is 2.17. The first-order valence-corrected chi connectivity index (χ1v) is 7.09. The molecule has 4 heteroatoms. The third kappa shape index (κ3) is 3.11. The highest BCUT2D eigenvalue weighted by atomic mass is 19.1. The van der Waals surface area contributed by atoms with Crippen molar-refractivity contribution in [3.8, 4) is 0 Å². The van der Waals surface area contributed by atoms with Crippen molar-refractivity contribution in [1.82, 2.24) is 10.3 Å². The van der Waals surface area contributed by atoms with Gasteiger partial charge in [0.2, 0.25) is 0 Å². The molecule has 0 spiro atoms. The lowest BCUT2D eigenvalue weighted by atomic mass is 10.1. The second kappa shape index (κ2) is 6.35. The number of pyridine rings is 1. The van der Waals surface area contributed by atoms with Crippen molar-refractivity contribution < 1.29 is 9.18 Å². The van der Waals surface area contributed by atoms with E-state index in [2.05, 4.69) is 10.3 Å². The van der Waals surface area contributed by atoms with Crippen LogP contribution in [0.25, 0.3) is 10.8 Å². The number of rotatable bonds is 4. The number of aromatic nitrogens is 1. The van der Waals surface area contributed by atoms with Crippen LogP contribution in [-0.2, 0) is 6.42 Å². The van der Waals surface area contributed by atoms with Crippen LogP contribution in [0.5, 0.6) is 0 Å². The Morgan fingerprint density at radius 3 is 2.73 bits per heavy atom. The van der Waals surface area contributed by atoms with E-state index in [0.29, 0.717) is 18.5 Å². The van der Waals surface area contributed by atoms with Crippen molar-refractivity contribution in [2.45, 2.75) is 6.42 Å². The molecule has 0 aliphatic heterocycles. The first kappa shape index (κ1) is 14.2. The van der Waals surface area contributed by atoms with Gasteiger partial charge in [-0.05, 0) is 41.6 Å². The Bertz CT molecular complexity index is 794. The number of carbonyl (C=O) groups excluding carboxylic acids is 1. The fraction of sp³-hybridized carbons (Fsp3) is 0.111. The third-order valence-corrected chi connectivity index (χ3v) is 3.54. The minimum absolute atomic E-state index is 0.124. The molecule has 0 radical (unpaired) electrons. The van der Waals surface area contributed by atoms with Gasteiger partial charge in [-0.3, -0.25) is 9.78 Å². The smallest absolute Gasteiger partial charge is 0.251 e. The van der Waals surface area contributed by atoms with Crippen LogP contribution in [0.3, 0.4) is 0 Å². The fourth-order valence-electron chi connectivity index (χ4n) is 2.38. The monoisotopic (exact) mass is 294 g/mol. The standard InChI is InChI=1S/C18H15FN2O/c19-15-6-4-13(5-7-15)8-11-21-18(22)16-3-1-2-14-9-10-20-12-17(14)16/h1-7,9-10,12H,8,11H2,(H,21,22). The maximum Gasteiger partial charge on any atom is 0.251 e. The average molecular weight is 294 g/mol. The van der Waals surface area contributed by atoms with E-state index in [1.54, 1.807) is 30.6 Å². The SMILES string of the molecule is O=C(NCCc1ccc(F)cc1)c1cccc2ccncc12. The zero-order valence-electron chi connectivity index (χ0n) is 11.9. The minimum Gasteiger partial charge on any atom is -0.352 e. The summed E-state index contributed by atoms with van der Waals surface area (Å²) in [5.41, 5.74) is 1.60. The molecular weight excluding hydrogens is 279 g/mol. The van der Waals surface area contributed by atoms with E-state index < -0.39 is 0 Å². The predicted molar refractivity (Wildman–Crippen MR) is 84.2 cm³/mol. The molecule has 0 saturated carbocycles. The summed E-state index contributed by atoms with van der Waals surface area (Å²) in [5.74, 6) is -0.378. The highest BCUT2D eigenvalue weighted by molar-refractivity contribution is 6.06. The number of nitrogens with one attached hydrogen (secondary N) is 1. The molecule has 22 heavy (non-hydrogen) atoms. The summed E-state index contributed by atoms with van der Waals surface area (Å²) in [4.78, 5) is 16.4. The molecule has 0 atom stereocenters. The van der Waals surface area contributed by atoms with Gasteiger partial charge in [0.25, 0.3) is 5.91 Å². The Hall–Kier alpha value is -2.75. The average Bonchev–Trinajstić information content (AvgIpc) is 2.56. The second-order valence-electron chi connectivity index (χ2n) is 5.03. The molecule has 0 unspecified atom stereocenters. The zero-order chi connectivity index (χ0) is 15.4. The Labute approximate surface area is 127 Å². The van der Waals surface area contributed by atoms with E-state index in [-0.39, 0.29) is 11.7 Å². The van der Waals surface area contributed by atoms with Crippen LogP contribution in [0.2, 0.25) is 0 Å². The lowest BCUT2D eigenvalue weighted by Crippen LogP contribution is -2.25. The first-order chi connectivity index (χ1) is 10.7. The Balaban J connectivity index is 1.67. The van der Waals surface area contributed by atoms with Gasteiger partial charge in [0.15, 0.2) is 0 Å². The molecule has 0 bridgehead atoms. The number of fused-ring (bicyclic) bond motifs is 1. The lowest BCUT2D eigenvalue weighted by molar-refractivity contribution is 0.0956. The van der Waals surface area contributed by atoms with Crippen molar-refractivity contribution in [2.75, 3.05) is 6.54 Å². The largest absolute Gasteiger partial charge is 0.352 e. The molecular formula is C18H15FN2O. The van der Waals surface area contributed by atoms with Crippen LogP contribution in [-0.4, -0.2) is 17.4 Å². The second-order valence-corrected chi connectivity index (χ2v) is 5.03. The molecule has 110 valence electrons. The minimum atomic E-state index is -0.254. The van der Waals surface area contributed by atoms with Gasteiger partial charge in [0, 0.05) is 29.9 Å². The lowest BCUT2D eigenvalue weighted by Gasteiger charge is -2.08. The van der Waals surface area contributed by atoms with Gasteiger partial charge in [0.1, 0.15) is 5.82 Å². The van der Waals surface area contributed by atoms with Gasteiger partial charge in [0.05, 0.1) is 0 Å². The summed E-state index contributed by atoms with van der Waals surface area (Å²) in [6.07, 6.45) is 4.07. The van der Waals surface area contributed by atoms with Crippen molar-refractivity contribution in [3.05, 3.63) is 77.9 Å². The molecule has 0 aliphatic rings. The Morgan fingerprint density at radius 2 is 1.91 bits per heavy atom. The molecule has 3 rings (SSSR count). The number of hydrogen-bond acceptors (Lipinski definition) is 2. The Kier molecular flexibility index (Phi) is 4.10. The maximum absolute atomic E-state index is 12.8. The van der Waals surface area contributed by atoms with Crippen LogP contribution >= 0.6 is 0 Å². The number of amides is 1. The molecule has 1 heterocycles. The van der Waals surface area contributed by atoms with Crippen molar-refractivity contribution >= 4 is 16.7 Å². The van der Waals surface area contributed by atoms with E-state index in [1.807, 2.05) is 18.2 Å². The van der Waals surface area contributed by atoms with Gasteiger partial charge < -0.3 is 5.32 Å². The quantitative estimate of drug-likeness (QED) is 0.802. The van der Waals surface area contributed by atoms with Crippen LogP contribution < -0.4 is 5.32 Å². The molecule has 0 fully saturated rings. The van der Waals surface area contributed by atoms with Crippen molar-refractivity contribution in [3.63, 3.8) is 0 Å². The molecule has 1 aromatic heterocycles. The third-order valence-electron chi connectivity index (χ3n) is 3.54. The van der Waals surface area contributed by atoms with Crippen molar-refractivity contribution in [2.24, 2.45) is 0 Å². The summed E-state index contributed by atoms with van der Waals surface area (Å²) < 4.78 is 12.8. The number of benzene rings is 2. The molecule has 1 amide bonds. The normalized spacial score (nSPS) is 10.6. The van der Waals surface area contributed by atoms with Crippen LogP contribution in [0, 0.1) is 5.82 Å². The number of nitrogens with zero attached hydrogens (tertiary/aromatic N) is 1. The predicted octanol–water partition coefficient (Wildman–Crippen LogP) is 3.35. The van der Waals surface area contributed by atoms with E-state index >= 15 is 0 Å². The molecule has 1 N–H and O–H groups in total. The van der Waals surface area contributed by atoms with E-state index in [9.17, 15) is 9.18 Å². The maximum atomic E-state index is 12.8. The molecule has 3 aromatic rings. The van der Waals surface area contributed by atoms with E-state index in [1.165, 1.54) is 12.1 Å². The summed E-state index contributed by atoms with van der Waals surface area (Å²) in [5, 5.41) is 4.72. The molecule has 2 aromatic carbocycles. The van der Waals surface area contributed by atoms with Crippen molar-refractivity contribution in [1.29, 1.82) is 0 Å². The topological polar surface area (TPSA) is 42.0 Å². The molecule has 3 nitrogen and oxygen atoms in total. The van der Waals surface area contributed by atoms with Gasteiger partial charge in [-0.25, -0.2) is 4.39 Å². The van der Waals surface area contributed by atoms with Gasteiger partial charge in [-0.1, -0.05) is 24.3 Å². The number of halogens is 1. The summed E-state index contributed by atoms with van der Waals surface area (Å²) in [6, 6.07) is 13.8. The molecule has 0 aliphatic carbocycles. The van der Waals surface area contributed by atoms with Gasteiger partial charge >= 0.3 is 0 Å². The fourth-order valence-corrected chi connectivity index (χ4v) is 2.38. The van der Waals surface area contributed by atoms with E-state index in [0.717, 1.165) is 16.3 Å². The van der Waals surface area contributed by atoms with Crippen LogP contribution in [0.4, 0.5) is 4.39 Å². The Morgan fingerprint density at radius 1 is 1.09 bits per heavy atom. The van der Waals surface area contributed by atoms with Crippen LogP contribution in [0.15, 0.2) is 60.9 Å². The number of carbonyl (C=O) groups is 1. The summed E-state index contributed by atoms with van der Waals surface area (Å²) >= 11 is 0. The number of hydrogen-bond donors (Lipinski definition) is 1. The zero-order valence-corrected chi connectivity index (χ0v) is 11.9. The summed E-state index contributed by atoms with van der Waals surface area (Å²) in [7, 11) is 0. The molecule has 0 saturated heterocycles. The van der Waals surface area contributed by atoms with Gasteiger partial charge in [-0.15, -0.1) is 0 Å². The highest BCUT2D eigenvalue weighted by Gasteiger charge is 2.09. The summed E-state index contributed by atoms with van der Waals surface area (Å²) in [6.45, 7) is 0.501. The van der Waals surface area contributed by atoms with Gasteiger partial charge in [-0.2, -0.15) is 0 Å². The van der Waals surface area contributed by atoms with Crippen LogP contribution in [0.1, 0.15) is 15.9 Å². The van der Waals surface area contributed by atoms with E-state index in [4.69, 9.17) is 0 Å². The first-order valence-electron chi connectivity index (χ1n) is 7.09.